The molecule has 1 nitrogen and oxygen atoms in total. The van der Waals surface area contributed by atoms with Crippen molar-refractivity contribution in [3.8, 4) is 11.1 Å². The largest absolute Gasteiger partial charge is 0.380 e. The zero-order valence-corrected chi connectivity index (χ0v) is 38.1. The predicted octanol–water partition coefficient (Wildman–Crippen LogP) is 14.6. The van der Waals surface area contributed by atoms with Gasteiger partial charge in [-0.25, -0.2) is 0 Å². The quantitative estimate of drug-likeness (QED) is 0.160. The molecule has 0 bridgehead atoms. The van der Waals surface area contributed by atoms with E-state index in [4.69, 9.17) is 4.74 Å². The topological polar surface area (TPSA) is 9.23 Å². The third-order valence-electron chi connectivity index (χ3n) is 30.6. The van der Waals surface area contributed by atoms with Crippen molar-refractivity contribution < 1.29 is 4.74 Å². The molecule has 22 atom stereocenters. The van der Waals surface area contributed by atoms with Crippen molar-refractivity contribution in [2.75, 3.05) is 7.11 Å². The monoisotopic (exact) mass is 892 g/mol. The molecule has 1 saturated carbocycles. The van der Waals surface area contributed by atoms with Gasteiger partial charge in [-0.05, 0) is 344 Å². The molecule has 1 fully saturated rings. The average molecular weight is 893 g/mol. The summed E-state index contributed by atoms with van der Waals surface area (Å²) in [4.78, 5) is 1.68. The molecule has 1 heterocycles. The fourth-order valence-electron chi connectivity index (χ4n) is 32.1. The minimum atomic E-state index is -0.00963. The lowest BCUT2D eigenvalue weighted by molar-refractivity contribution is 0.0340. The van der Waals surface area contributed by atoms with Gasteiger partial charge in [-0.3, -0.25) is 0 Å². The van der Waals surface area contributed by atoms with E-state index in [1.165, 1.54) is 5.56 Å². The highest BCUT2D eigenvalue weighted by Crippen LogP contribution is 3.01. The van der Waals surface area contributed by atoms with Crippen LogP contribution in [0.1, 0.15) is 229 Å². The Morgan fingerprint density at radius 2 is 0.686 bits per heavy atom. The van der Waals surface area contributed by atoms with E-state index in [2.05, 4.69) is 30.0 Å². The molecule has 22 unspecified atom stereocenters. The van der Waals surface area contributed by atoms with Crippen molar-refractivity contribution in [3.05, 3.63) is 141 Å². The first-order chi connectivity index (χ1) is 34.9. The third-order valence-corrected chi connectivity index (χ3v) is 32.3. The Morgan fingerprint density at radius 3 is 1.14 bits per heavy atom. The molecule has 2 spiro atoms. The number of benzene rings is 10. The summed E-state index contributed by atoms with van der Waals surface area (Å²) in [5.41, 5.74) is 47.5. The molecule has 0 radical (unpaired) electrons. The van der Waals surface area contributed by atoms with Gasteiger partial charge in [0.25, 0.3) is 0 Å². The van der Waals surface area contributed by atoms with Gasteiger partial charge in [0.2, 0.25) is 0 Å². The van der Waals surface area contributed by atoms with Crippen LogP contribution < -0.4 is 0 Å². The minimum absolute atomic E-state index is 0.00963. The molecule has 0 aromatic heterocycles. The second-order valence-corrected chi connectivity index (χ2v) is 30.7. The fourth-order valence-corrected chi connectivity index (χ4v) is 34.2. The van der Waals surface area contributed by atoms with Crippen LogP contribution in [0.5, 0.6) is 0 Å². The summed E-state index contributed by atoms with van der Waals surface area (Å²) in [5.74, 6) is 13.1. The van der Waals surface area contributed by atoms with Gasteiger partial charge in [-0.2, -0.15) is 0 Å². The van der Waals surface area contributed by atoms with Gasteiger partial charge in [0.1, 0.15) is 0 Å². The summed E-state index contributed by atoms with van der Waals surface area (Å²) in [6, 6.07) is 8.06. The average Bonchev–Trinajstić information content (AvgIpc) is 4.21. The molecule has 22 aliphatic carbocycles. The normalized spacial score (nSPS) is 48.0. The number of fused-ring (bicyclic) bond motifs is 1. The molecule has 70 heavy (non-hydrogen) atoms. The van der Waals surface area contributed by atoms with E-state index in [1.54, 1.807) is 10.5 Å². The second kappa shape index (κ2) is 6.51. The molecular weight excluding hydrogens is 865 g/mol. The Morgan fingerprint density at radius 1 is 0.357 bits per heavy atom. The van der Waals surface area contributed by atoms with Gasteiger partial charge >= 0.3 is 0 Å². The van der Waals surface area contributed by atoms with Crippen LogP contribution in [0.15, 0.2) is 23.1 Å². The summed E-state index contributed by atoms with van der Waals surface area (Å²) in [5, 5.41) is 30.6. The van der Waals surface area contributed by atoms with Crippen LogP contribution in [-0.2, 0) is 21.5 Å². The summed E-state index contributed by atoms with van der Waals surface area (Å²) < 4.78 is 6.21. The van der Waals surface area contributed by atoms with Gasteiger partial charge in [0, 0.05) is 17.4 Å². The maximum absolute atomic E-state index is 6.17. The Bertz CT molecular complexity index is 5470. The van der Waals surface area contributed by atoms with Crippen LogP contribution in [0.3, 0.4) is 0 Å². The maximum atomic E-state index is 6.17. The van der Waals surface area contributed by atoms with Crippen molar-refractivity contribution >= 4 is 97.9 Å². The zero-order chi connectivity index (χ0) is 41.5. The Labute approximate surface area is 399 Å². The molecule has 312 valence electrons. The molecule has 2 heteroatoms. The first-order valence-electron chi connectivity index (χ1n) is 28.4. The molecule has 11 aromatic rings. The molecule has 23 aliphatic rings. The highest BCUT2D eigenvalue weighted by Gasteiger charge is 2.89. The Kier molecular flexibility index (Phi) is 2.60. The van der Waals surface area contributed by atoms with Crippen LogP contribution >= 0.6 is 11.8 Å². The van der Waals surface area contributed by atoms with Gasteiger partial charge < -0.3 is 4.74 Å². The van der Waals surface area contributed by atoms with Crippen molar-refractivity contribution in [3.63, 3.8) is 0 Å². The second-order valence-electron chi connectivity index (χ2n) is 29.4. The van der Waals surface area contributed by atoms with E-state index >= 15 is 0 Å². The number of thioether (sulfide) groups is 1. The number of hydrogen-bond acceptors (Lipinski definition) is 2. The maximum Gasteiger partial charge on any atom is 0.0713 e. The molecule has 0 saturated heterocycles. The van der Waals surface area contributed by atoms with Crippen molar-refractivity contribution in [2.24, 2.45) is 11.8 Å². The van der Waals surface area contributed by atoms with Crippen LogP contribution in [0, 0.1) is 11.8 Å². The van der Waals surface area contributed by atoms with E-state index < -0.39 is 0 Å². The minimum Gasteiger partial charge on any atom is -0.380 e. The lowest BCUT2D eigenvalue weighted by atomic mass is 9.39. The molecular formula is C68H28OS. The fraction of sp³-hybridized carbons (Fsp3) is 0.353. The Hall–Kier alpha value is -5.41. The lowest BCUT2D eigenvalue weighted by Gasteiger charge is -2.65. The summed E-state index contributed by atoms with van der Waals surface area (Å²) in [6.45, 7) is 0.721. The predicted molar refractivity (Wildman–Crippen MR) is 267 cm³/mol. The van der Waals surface area contributed by atoms with Crippen molar-refractivity contribution in [1.82, 2.24) is 0 Å². The van der Waals surface area contributed by atoms with Crippen molar-refractivity contribution in [1.29, 1.82) is 0 Å². The molecule has 0 N–H and O–H groups in total. The summed E-state index contributed by atoms with van der Waals surface area (Å²) in [7, 11) is 1.95. The number of methoxy groups -OCH3 is 1. The molecule has 34 rings (SSSR count). The Balaban J connectivity index is 1.02. The first-order valence-corrected chi connectivity index (χ1v) is 29.2. The third kappa shape index (κ3) is 1.52. The van der Waals surface area contributed by atoms with Crippen LogP contribution in [-0.4, -0.2) is 7.11 Å². The first kappa shape index (κ1) is 28.0. The van der Waals surface area contributed by atoms with Crippen LogP contribution in [0.25, 0.3) is 97.3 Å². The zero-order valence-electron chi connectivity index (χ0n) is 37.3. The number of hydrogen-bond donors (Lipinski definition) is 0. The number of rotatable bonds is 2. The molecule has 0 amide bonds. The molecule has 1 aliphatic heterocycles. The van der Waals surface area contributed by atoms with E-state index in [0.717, 1.165) is 6.61 Å². The van der Waals surface area contributed by atoms with E-state index in [9.17, 15) is 0 Å². The summed E-state index contributed by atoms with van der Waals surface area (Å²) >= 11 is 2.54. The summed E-state index contributed by atoms with van der Waals surface area (Å²) in [6.07, 6.45) is 0. The van der Waals surface area contributed by atoms with Crippen LogP contribution in [0.4, 0.5) is 0 Å². The highest BCUT2D eigenvalue weighted by molar-refractivity contribution is 8.00. The standard InChI is InChI=1S/C68H28OS/c1-69-5-6-2-3-8-7(4-6)67-63-55-47-37-27-19-11-9-10-13-17-15(11)23-31-25(17)35-29-21(13)22-14(10)18-16-12(9)20(19)28-34-24(16)32-26(18)36-30(22)40-39(29)51-45(35)53-43(31)49(41(47)33(23)27)57(63)59(53)65-61(51)62-52(40)46(36)54-44(32)50-42(34)48(38(28)37)56(55)64(67)58(50)60(54)66(62)68(65,67)70-8/h2-4,11,13,15,17,19,21,27,29,37-40,48,52,56,58,60,62,64,66H,5H2,1H3. The van der Waals surface area contributed by atoms with E-state index in [-0.39, 0.29) is 10.2 Å². The van der Waals surface area contributed by atoms with E-state index in [1.807, 2.05) is 216 Å². The van der Waals surface area contributed by atoms with Gasteiger partial charge in [0.05, 0.1) is 11.4 Å². The van der Waals surface area contributed by atoms with Gasteiger partial charge in [-0.1, -0.05) is 12.1 Å². The van der Waals surface area contributed by atoms with Gasteiger partial charge in [0.15, 0.2) is 0 Å². The van der Waals surface area contributed by atoms with Crippen molar-refractivity contribution in [2.45, 2.75) is 128 Å². The molecule has 11 aromatic carbocycles. The SMILES string of the molecule is COCc1ccc2c(c1)C13c4c5c6c7c8c9c%10c%11c%12c%13c%14c%15c(c%16c%13c%10c7c4-%16)C1(S2)C1C%15C2c4c7c%10c%13c%15c%16c%17c%18c%19c%20c%21c%22c%23c(c4c4c%22c%19c%16c%104)C2C%14C%12C%23C%21C%11C9C%20C%18C8C6C%17C%15C5C3C%13C71. The van der Waals surface area contributed by atoms with Crippen LogP contribution in [0.2, 0.25) is 0 Å². The van der Waals surface area contributed by atoms with Gasteiger partial charge in [-0.15, -0.1) is 11.8 Å². The highest BCUT2D eigenvalue weighted by atomic mass is 32.2. The smallest absolute Gasteiger partial charge is 0.0713 e. The van der Waals surface area contributed by atoms with E-state index in [0.29, 0.717) is 118 Å². The lowest BCUT2D eigenvalue weighted by Crippen LogP contribution is -2.62. The number of ether oxygens (including phenoxy) is 1.